The molecule has 0 saturated carbocycles. The predicted molar refractivity (Wildman–Crippen MR) is 53.2 cm³/mol. The van der Waals surface area contributed by atoms with Gasteiger partial charge in [0.15, 0.2) is 11.5 Å². The van der Waals surface area contributed by atoms with Crippen molar-refractivity contribution < 1.29 is 19.4 Å². The summed E-state index contributed by atoms with van der Waals surface area (Å²) in [6.07, 6.45) is -0.419. The van der Waals surface area contributed by atoms with Gasteiger partial charge in [-0.2, -0.15) is 0 Å². The zero-order valence-electron chi connectivity index (χ0n) is 8.34. The first-order valence-corrected chi connectivity index (χ1v) is 4.80. The molecule has 1 aliphatic heterocycles. The molecule has 1 N–H and O–H groups in total. The molecular formula is C11H12O4. The van der Waals surface area contributed by atoms with Crippen LogP contribution in [0.5, 0.6) is 11.5 Å². The molecule has 4 nitrogen and oxygen atoms in total. The minimum atomic E-state index is -0.872. The van der Waals surface area contributed by atoms with Crippen molar-refractivity contribution in [3.05, 3.63) is 24.3 Å². The maximum atomic E-state index is 10.8. The van der Waals surface area contributed by atoms with E-state index in [-0.39, 0.29) is 6.61 Å². The van der Waals surface area contributed by atoms with Crippen LogP contribution in [0, 0.1) is 5.92 Å². The van der Waals surface area contributed by atoms with Gasteiger partial charge in [0.05, 0.1) is 5.92 Å². The van der Waals surface area contributed by atoms with E-state index in [1.54, 1.807) is 19.1 Å². The van der Waals surface area contributed by atoms with Gasteiger partial charge in [-0.25, -0.2) is 0 Å². The Bertz CT molecular complexity index is 375. The number of ether oxygens (including phenoxy) is 2. The Morgan fingerprint density at radius 1 is 1.47 bits per heavy atom. The van der Waals surface area contributed by atoms with Gasteiger partial charge in [0, 0.05) is 0 Å². The maximum Gasteiger partial charge on any atom is 0.310 e. The van der Waals surface area contributed by atoms with Crippen LogP contribution in [-0.4, -0.2) is 23.8 Å². The summed E-state index contributed by atoms with van der Waals surface area (Å²) in [6.45, 7) is 1.90. The normalized spacial score (nSPS) is 20.7. The van der Waals surface area contributed by atoms with Crippen LogP contribution in [0.1, 0.15) is 6.92 Å². The topological polar surface area (TPSA) is 55.8 Å². The number of carboxylic acids is 1. The molecule has 1 aromatic rings. The molecule has 1 aromatic carbocycles. The Morgan fingerprint density at radius 3 is 2.80 bits per heavy atom. The molecule has 0 spiro atoms. The van der Waals surface area contributed by atoms with Gasteiger partial charge >= 0.3 is 5.97 Å². The van der Waals surface area contributed by atoms with Crippen LogP contribution < -0.4 is 9.47 Å². The first-order chi connectivity index (χ1) is 7.18. The van der Waals surface area contributed by atoms with Crippen LogP contribution in [-0.2, 0) is 4.79 Å². The van der Waals surface area contributed by atoms with Crippen molar-refractivity contribution in [3.8, 4) is 11.5 Å². The third-order valence-electron chi connectivity index (χ3n) is 2.48. The average molecular weight is 208 g/mol. The first-order valence-electron chi connectivity index (χ1n) is 4.80. The van der Waals surface area contributed by atoms with Crippen molar-refractivity contribution in [1.82, 2.24) is 0 Å². The highest BCUT2D eigenvalue weighted by molar-refractivity contribution is 5.70. The van der Waals surface area contributed by atoms with E-state index in [2.05, 4.69) is 0 Å². The molecular weight excluding hydrogens is 196 g/mol. The molecule has 0 radical (unpaired) electrons. The number of para-hydroxylation sites is 2. The smallest absolute Gasteiger partial charge is 0.310 e. The second-order valence-corrected chi connectivity index (χ2v) is 3.54. The number of hydrogen-bond donors (Lipinski definition) is 1. The van der Waals surface area contributed by atoms with E-state index in [4.69, 9.17) is 14.6 Å². The van der Waals surface area contributed by atoms with Gasteiger partial charge in [-0.15, -0.1) is 0 Å². The third-order valence-corrected chi connectivity index (χ3v) is 2.48. The fourth-order valence-electron chi connectivity index (χ4n) is 1.44. The van der Waals surface area contributed by atoms with E-state index in [0.29, 0.717) is 11.5 Å². The molecule has 2 rings (SSSR count). The summed E-state index contributed by atoms with van der Waals surface area (Å²) in [5.74, 6) is -0.158. The number of fused-ring (bicyclic) bond motifs is 1. The van der Waals surface area contributed by atoms with Crippen LogP contribution in [0.2, 0.25) is 0 Å². The minimum absolute atomic E-state index is 0.282. The van der Waals surface area contributed by atoms with Crippen molar-refractivity contribution >= 4 is 5.97 Å². The Hall–Kier alpha value is -1.71. The lowest BCUT2D eigenvalue weighted by atomic mass is 10.1. The third kappa shape index (κ3) is 1.88. The molecule has 4 heteroatoms. The van der Waals surface area contributed by atoms with Crippen molar-refractivity contribution in [2.75, 3.05) is 6.61 Å². The predicted octanol–water partition coefficient (Wildman–Crippen LogP) is 1.55. The Labute approximate surface area is 87.4 Å². The molecule has 0 aliphatic carbocycles. The van der Waals surface area contributed by atoms with Crippen molar-refractivity contribution in [2.45, 2.75) is 13.0 Å². The van der Waals surface area contributed by atoms with E-state index < -0.39 is 18.0 Å². The molecule has 2 atom stereocenters. The number of benzene rings is 1. The van der Waals surface area contributed by atoms with Gasteiger partial charge in [-0.1, -0.05) is 12.1 Å². The molecule has 15 heavy (non-hydrogen) atoms. The minimum Gasteiger partial charge on any atom is -0.486 e. The highest BCUT2D eigenvalue weighted by Crippen LogP contribution is 2.32. The molecule has 0 saturated heterocycles. The number of carboxylic acid groups (broad SMARTS) is 1. The van der Waals surface area contributed by atoms with E-state index in [9.17, 15) is 4.79 Å². The maximum absolute atomic E-state index is 10.8. The van der Waals surface area contributed by atoms with Crippen LogP contribution >= 0.6 is 0 Å². The van der Waals surface area contributed by atoms with Gasteiger partial charge in [0.25, 0.3) is 0 Å². The highest BCUT2D eigenvalue weighted by atomic mass is 16.6. The summed E-state index contributed by atoms with van der Waals surface area (Å²) >= 11 is 0. The lowest BCUT2D eigenvalue weighted by molar-refractivity contribution is -0.145. The van der Waals surface area contributed by atoms with Gasteiger partial charge < -0.3 is 14.6 Å². The highest BCUT2D eigenvalue weighted by Gasteiger charge is 2.30. The van der Waals surface area contributed by atoms with Crippen molar-refractivity contribution in [1.29, 1.82) is 0 Å². The quantitative estimate of drug-likeness (QED) is 0.801. The molecule has 80 valence electrons. The van der Waals surface area contributed by atoms with Gasteiger partial charge in [0.1, 0.15) is 12.7 Å². The summed E-state index contributed by atoms with van der Waals surface area (Å²) in [4.78, 5) is 10.8. The van der Waals surface area contributed by atoms with Crippen LogP contribution in [0.15, 0.2) is 24.3 Å². The lowest BCUT2D eigenvalue weighted by Gasteiger charge is -2.28. The Kier molecular flexibility index (Phi) is 2.49. The van der Waals surface area contributed by atoms with Crippen LogP contribution in [0.25, 0.3) is 0 Å². The zero-order valence-corrected chi connectivity index (χ0v) is 8.34. The van der Waals surface area contributed by atoms with E-state index in [1.165, 1.54) is 0 Å². The Morgan fingerprint density at radius 2 is 2.13 bits per heavy atom. The number of aliphatic carboxylic acids is 1. The summed E-state index contributed by atoms with van der Waals surface area (Å²) in [7, 11) is 0. The fourth-order valence-corrected chi connectivity index (χ4v) is 1.44. The largest absolute Gasteiger partial charge is 0.486 e. The van der Waals surface area contributed by atoms with Crippen LogP contribution in [0.3, 0.4) is 0 Å². The summed E-state index contributed by atoms with van der Waals surface area (Å²) < 4.78 is 11.0. The molecule has 1 aliphatic rings. The van der Waals surface area contributed by atoms with Gasteiger partial charge in [-0.3, -0.25) is 4.79 Å². The van der Waals surface area contributed by atoms with Crippen LogP contribution in [0.4, 0.5) is 0 Å². The second-order valence-electron chi connectivity index (χ2n) is 3.54. The molecule has 1 heterocycles. The number of carbonyl (C=O) groups is 1. The van der Waals surface area contributed by atoms with Crippen molar-refractivity contribution in [3.63, 3.8) is 0 Å². The van der Waals surface area contributed by atoms with Gasteiger partial charge in [-0.05, 0) is 19.1 Å². The summed E-state index contributed by atoms with van der Waals surface area (Å²) in [6, 6.07) is 7.26. The van der Waals surface area contributed by atoms with E-state index in [1.807, 2.05) is 12.1 Å². The Balaban J connectivity index is 2.15. The summed E-state index contributed by atoms with van der Waals surface area (Å²) in [5.41, 5.74) is 0. The van der Waals surface area contributed by atoms with Gasteiger partial charge in [0.2, 0.25) is 0 Å². The standard InChI is InChI=1S/C11H12O4/c1-7(11(12)13)10-6-14-8-4-2-3-5-9(8)15-10/h2-5,7,10H,6H2,1H3,(H,12,13)/t7-,10?/m0/s1. The fraction of sp³-hybridized carbons (Fsp3) is 0.364. The van der Waals surface area contributed by atoms with Crippen molar-refractivity contribution in [2.24, 2.45) is 5.92 Å². The monoisotopic (exact) mass is 208 g/mol. The summed E-state index contributed by atoms with van der Waals surface area (Å²) in [5, 5.41) is 8.85. The first kappa shape index (κ1) is 9.83. The second kappa shape index (κ2) is 3.81. The molecule has 0 bridgehead atoms. The SMILES string of the molecule is C[C@H](C(=O)O)C1COc2ccccc2O1. The molecule has 1 unspecified atom stereocenters. The molecule has 0 fully saturated rings. The number of hydrogen-bond acceptors (Lipinski definition) is 3. The van der Waals surface area contributed by atoms with E-state index in [0.717, 1.165) is 0 Å². The number of rotatable bonds is 2. The molecule has 0 aromatic heterocycles. The lowest BCUT2D eigenvalue weighted by Crippen LogP contribution is -2.38. The molecule has 0 amide bonds. The average Bonchev–Trinajstić information content (AvgIpc) is 2.27. The van der Waals surface area contributed by atoms with E-state index >= 15 is 0 Å². The zero-order chi connectivity index (χ0) is 10.8.